The van der Waals surface area contributed by atoms with Crippen LogP contribution >= 0.6 is 0 Å². The van der Waals surface area contributed by atoms with Gasteiger partial charge in [0.2, 0.25) is 0 Å². The lowest BCUT2D eigenvalue weighted by atomic mass is 9.75. The number of methoxy groups -OCH3 is 1. The van der Waals surface area contributed by atoms with Gasteiger partial charge in [-0.1, -0.05) is 0 Å². The molecular formula is C13H24N4O. The largest absolute Gasteiger partial charge is 0.378 e. The molecule has 1 aliphatic rings. The minimum atomic E-state index is 0.0431. The van der Waals surface area contributed by atoms with Crippen molar-refractivity contribution in [2.24, 2.45) is 0 Å². The highest BCUT2D eigenvalue weighted by atomic mass is 16.5. The molecule has 2 rings (SSSR count). The predicted octanol–water partition coefficient (Wildman–Crippen LogP) is 2.08. The number of rotatable bonds is 6. The molecule has 0 amide bonds. The summed E-state index contributed by atoms with van der Waals surface area (Å²) in [5.74, 6) is 1.01. The van der Waals surface area contributed by atoms with Crippen LogP contribution in [0.1, 0.15) is 57.4 Å². The summed E-state index contributed by atoms with van der Waals surface area (Å²) in [6.45, 7) is 4.25. The average Bonchev–Trinajstić information content (AvgIpc) is 2.78. The first-order valence-electron chi connectivity index (χ1n) is 6.74. The van der Waals surface area contributed by atoms with Crippen molar-refractivity contribution in [3.05, 3.63) is 12.2 Å². The Bertz CT molecular complexity index is 379. The fourth-order valence-corrected chi connectivity index (χ4v) is 2.66. The van der Waals surface area contributed by atoms with Crippen molar-refractivity contribution < 1.29 is 4.74 Å². The highest BCUT2D eigenvalue weighted by molar-refractivity contribution is 5.02. The molecule has 1 aromatic rings. The topological polar surface area (TPSA) is 52.0 Å². The molecule has 102 valence electrons. The van der Waals surface area contributed by atoms with E-state index in [0.29, 0.717) is 6.04 Å². The van der Waals surface area contributed by atoms with E-state index in [1.54, 1.807) is 6.33 Å². The van der Waals surface area contributed by atoms with E-state index >= 15 is 0 Å². The third-order valence-electron chi connectivity index (χ3n) is 4.02. The Morgan fingerprint density at radius 3 is 2.67 bits per heavy atom. The summed E-state index contributed by atoms with van der Waals surface area (Å²) in [5.41, 5.74) is 0.0431. The fraction of sp³-hybridized carbons (Fsp3) is 0.846. The van der Waals surface area contributed by atoms with Crippen LogP contribution in [0.5, 0.6) is 0 Å². The summed E-state index contributed by atoms with van der Waals surface area (Å²) in [5, 5.41) is 7.66. The summed E-state index contributed by atoms with van der Waals surface area (Å²) in [6.07, 6.45) is 6.17. The van der Waals surface area contributed by atoms with Gasteiger partial charge in [0.25, 0.3) is 0 Å². The van der Waals surface area contributed by atoms with Gasteiger partial charge in [-0.3, -0.25) is 0 Å². The van der Waals surface area contributed by atoms with Crippen molar-refractivity contribution in [1.29, 1.82) is 0 Å². The normalized spacial score (nSPS) is 19.8. The van der Waals surface area contributed by atoms with E-state index < -0.39 is 0 Å². The molecule has 0 radical (unpaired) electrons. The van der Waals surface area contributed by atoms with Crippen molar-refractivity contribution in [3.63, 3.8) is 0 Å². The van der Waals surface area contributed by atoms with Gasteiger partial charge in [-0.2, -0.15) is 5.10 Å². The minimum absolute atomic E-state index is 0.0431. The lowest BCUT2D eigenvalue weighted by Crippen LogP contribution is -2.43. The number of nitrogens with zero attached hydrogens (tertiary/aromatic N) is 3. The van der Waals surface area contributed by atoms with Gasteiger partial charge < -0.3 is 10.1 Å². The maximum absolute atomic E-state index is 5.71. The smallest absolute Gasteiger partial charge is 0.144 e. The Labute approximate surface area is 109 Å². The molecule has 1 heterocycles. The van der Waals surface area contributed by atoms with Crippen LogP contribution in [0.2, 0.25) is 0 Å². The standard InChI is InChI=1S/C13H24N4O/c1-10(2)17-12(15-9-16-17)11(14-3)8-13(18-4)6-5-7-13/h9-11,14H,5-8H2,1-4H3. The molecule has 0 bridgehead atoms. The Hall–Kier alpha value is -0.940. The molecule has 1 aromatic heterocycles. The zero-order valence-electron chi connectivity index (χ0n) is 11.8. The molecule has 1 aliphatic carbocycles. The lowest BCUT2D eigenvalue weighted by molar-refractivity contribution is -0.0841. The van der Waals surface area contributed by atoms with Crippen LogP contribution < -0.4 is 5.32 Å². The zero-order valence-corrected chi connectivity index (χ0v) is 11.8. The second-order valence-electron chi connectivity index (χ2n) is 5.44. The first-order chi connectivity index (χ1) is 8.62. The molecule has 5 nitrogen and oxygen atoms in total. The Kier molecular flexibility index (Phi) is 4.02. The molecule has 0 aromatic carbocycles. The monoisotopic (exact) mass is 252 g/mol. The maximum Gasteiger partial charge on any atom is 0.144 e. The third-order valence-corrected chi connectivity index (χ3v) is 4.02. The van der Waals surface area contributed by atoms with Crippen LogP contribution in [-0.2, 0) is 4.74 Å². The number of nitrogens with one attached hydrogen (secondary N) is 1. The van der Waals surface area contributed by atoms with E-state index in [2.05, 4.69) is 29.2 Å². The van der Waals surface area contributed by atoms with E-state index in [-0.39, 0.29) is 11.6 Å². The van der Waals surface area contributed by atoms with Crippen LogP contribution in [-0.4, -0.2) is 34.5 Å². The van der Waals surface area contributed by atoms with E-state index in [9.17, 15) is 0 Å². The highest BCUT2D eigenvalue weighted by Gasteiger charge is 2.40. The van der Waals surface area contributed by atoms with E-state index in [1.807, 2.05) is 18.8 Å². The van der Waals surface area contributed by atoms with Gasteiger partial charge in [0.15, 0.2) is 0 Å². The number of aromatic nitrogens is 3. The van der Waals surface area contributed by atoms with Crippen LogP contribution in [0.25, 0.3) is 0 Å². The number of hydrogen-bond donors (Lipinski definition) is 1. The van der Waals surface area contributed by atoms with E-state index in [4.69, 9.17) is 4.74 Å². The van der Waals surface area contributed by atoms with Gasteiger partial charge >= 0.3 is 0 Å². The Morgan fingerprint density at radius 1 is 1.50 bits per heavy atom. The van der Waals surface area contributed by atoms with Crippen LogP contribution in [0.4, 0.5) is 0 Å². The van der Waals surface area contributed by atoms with Gasteiger partial charge in [-0.15, -0.1) is 0 Å². The molecule has 1 N–H and O–H groups in total. The molecular weight excluding hydrogens is 228 g/mol. The molecule has 1 unspecified atom stereocenters. The molecule has 0 saturated heterocycles. The molecule has 1 fully saturated rings. The summed E-state index contributed by atoms with van der Waals surface area (Å²) < 4.78 is 7.70. The molecule has 18 heavy (non-hydrogen) atoms. The van der Waals surface area contributed by atoms with Crippen molar-refractivity contribution in [1.82, 2.24) is 20.1 Å². The van der Waals surface area contributed by atoms with Gasteiger partial charge in [0.05, 0.1) is 11.6 Å². The van der Waals surface area contributed by atoms with Gasteiger partial charge in [-0.05, 0) is 46.6 Å². The summed E-state index contributed by atoms with van der Waals surface area (Å²) in [6, 6.07) is 0.536. The second-order valence-corrected chi connectivity index (χ2v) is 5.44. The molecule has 0 spiro atoms. The third kappa shape index (κ3) is 2.42. The second kappa shape index (κ2) is 5.36. The first-order valence-corrected chi connectivity index (χ1v) is 6.74. The lowest BCUT2D eigenvalue weighted by Gasteiger charge is -2.42. The van der Waals surface area contributed by atoms with E-state index in [0.717, 1.165) is 25.1 Å². The molecule has 1 atom stereocenters. The average molecular weight is 252 g/mol. The Morgan fingerprint density at radius 2 is 2.22 bits per heavy atom. The molecule has 5 heteroatoms. The van der Waals surface area contributed by atoms with Gasteiger partial charge in [-0.25, -0.2) is 9.67 Å². The highest BCUT2D eigenvalue weighted by Crippen LogP contribution is 2.41. The predicted molar refractivity (Wildman–Crippen MR) is 70.4 cm³/mol. The van der Waals surface area contributed by atoms with Crippen LogP contribution in [0, 0.1) is 0 Å². The van der Waals surface area contributed by atoms with Gasteiger partial charge in [0.1, 0.15) is 12.2 Å². The van der Waals surface area contributed by atoms with Crippen molar-refractivity contribution in [2.45, 2.75) is 57.2 Å². The zero-order chi connectivity index (χ0) is 13.2. The fourth-order valence-electron chi connectivity index (χ4n) is 2.66. The number of ether oxygens (including phenoxy) is 1. The Balaban J connectivity index is 2.15. The van der Waals surface area contributed by atoms with Crippen LogP contribution in [0.3, 0.4) is 0 Å². The maximum atomic E-state index is 5.71. The molecule has 1 saturated carbocycles. The van der Waals surface area contributed by atoms with E-state index in [1.165, 1.54) is 6.42 Å². The summed E-state index contributed by atoms with van der Waals surface area (Å²) in [4.78, 5) is 4.42. The SMILES string of the molecule is CNC(CC1(OC)CCC1)c1ncnn1C(C)C. The van der Waals surface area contributed by atoms with Crippen molar-refractivity contribution in [3.8, 4) is 0 Å². The van der Waals surface area contributed by atoms with Crippen molar-refractivity contribution in [2.75, 3.05) is 14.2 Å². The quantitative estimate of drug-likeness (QED) is 0.842. The van der Waals surface area contributed by atoms with Crippen LogP contribution in [0.15, 0.2) is 6.33 Å². The summed E-state index contributed by atoms with van der Waals surface area (Å²) >= 11 is 0. The molecule has 0 aliphatic heterocycles. The number of hydrogen-bond acceptors (Lipinski definition) is 4. The summed E-state index contributed by atoms with van der Waals surface area (Å²) in [7, 11) is 3.80. The minimum Gasteiger partial charge on any atom is -0.378 e. The van der Waals surface area contributed by atoms with Crippen molar-refractivity contribution >= 4 is 0 Å². The first kappa shape index (κ1) is 13.5. The van der Waals surface area contributed by atoms with Gasteiger partial charge in [0, 0.05) is 13.2 Å².